The first-order valence-electron chi connectivity index (χ1n) is 10.2. The molecule has 9 heteroatoms. The molecule has 2 saturated heterocycles. The van der Waals surface area contributed by atoms with E-state index in [1.807, 2.05) is 17.9 Å². The largest absolute Gasteiger partial charge is 0.381 e. The molecule has 0 aliphatic carbocycles. The van der Waals surface area contributed by atoms with E-state index in [1.165, 1.54) is 11.0 Å². The third kappa shape index (κ3) is 3.97. The van der Waals surface area contributed by atoms with Crippen LogP contribution < -0.4 is 10.2 Å². The topological polar surface area (TPSA) is 55.2 Å². The summed E-state index contributed by atoms with van der Waals surface area (Å²) in [4.78, 5) is 6.13. The van der Waals surface area contributed by atoms with Gasteiger partial charge in [-0.3, -0.25) is 0 Å². The van der Waals surface area contributed by atoms with E-state index in [9.17, 15) is 8.78 Å². The third-order valence-corrected chi connectivity index (χ3v) is 5.93. The van der Waals surface area contributed by atoms with Gasteiger partial charge in [-0.1, -0.05) is 0 Å². The highest BCUT2D eigenvalue weighted by atomic mass is 19.1. The van der Waals surface area contributed by atoms with Crippen LogP contribution in [-0.4, -0.2) is 41.1 Å². The van der Waals surface area contributed by atoms with Gasteiger partial charge in [0.2, 0.25) is 5.95 Å². The van der Waals surface area contributed by atoms with Crippen molar-refractivity contribution < 1.29 is 19.3 Å². The number of ether oxygens (including phenoxy) is 1. The fourth-order valence-electron chi connectivity index (χ4n) is 4.24. The van der Waals surface area contributed by atoms with Crippen LogP contribution in [0, 0.1) is 36.2 Å². The molecule has 6 nitrogen and oxygen atoms in total. The summed E-state index contributed by atoms with van der Waals surface area (Å²) in [5.74, 6) is -0.590. The number of nitrogens with zero attached hydrogens (tertiary/aromatic N) is 4. The van der Waals surface area contributed by atoms with E-state index in [0.29, 0.717) is 17.5 Å². The molecule has 0 spiro atoms. The first-order chi connectivity index (χ1) is 15.0. The van der Waals surface area contributed by atoms with Crippen LogP contribution in [0.2, 0.25) is 0 Å². The van der Waals surface area contributed by atoms with Crippen LogP contribution in [0.3, 0.4) is 0 Å². The molecule has 0 amide bonds. The van der Waals surface area contributed by atoms with E-state index < -0.39 is 11.6 Å². The predicted octanol–water partition coefficient (Wildman–Crippen LogP) is 4.46. The molecule has 1 atom stereocenters. The minimum Gasteiger partial charge on any atom is -0.381 e. The van der Waals surface area contributed by atoms with Gasteiger partial charge in [0, 0.05) is 33.8 Å². The zero-order chi connectivity index (χ0) is 21.5. The smallest absolute Gasteiger partial charge is 0.247 e. The van der Waals surface area contributed by atoms with Crippen LogP contribution in [0.1, 0.15) is 13.4 Å². The van der Waals surface area contributed by atoms with Crippen LogP contribution in [0.4, 0.5) is 30.5 Å². The van der Waals surface area contributed by atoms with Gasteiger partial charge >= 0.3 is 0 Å². The molecule has 1 aromatic heterocycles. The van der Waals surface area contributed by atoms with E-state index in [0.717, 1.165) is 56.5 Å². The van der Waals surface area contributed by atoms with E-state index in [2.05, 4.69) is 15.4 Å². The third-order valence-electron chi connectivity index (χ3n) is 5.93. The van der Waals surface area contributed by atoms with Crippen molar-refractivity contribution >= 4 is 17.3 Å². The average Bonchev–Trinajstić information content (AvgIpc) is 3.35. The molecule has 31 heavy (non-hydrogen) atoms. The van der Waals surface area contributed by atoms with Gasteiger partial charge in [-0.05, 0) is 55.0 Å². The highest BCUT2D eigenvalue weighted by Gasteiger charge is 2.36. The molecule has 2 aliphatic rings. The number of aryl methyl sites for hydroxylation is 1. The molecular weight excluding hydrogens is 407 g/mol. The molecule has 0 saturated carbocycles. The van der Waals surface area contributed by atoms with Crippen molar-refractivity contribution in [1.82, 2.24) is 14.8 Å². The van der Waals surface area contributed by atoms with Crippen LogP contribution in [0.5, 0.6) is 0 Å². The number of nitrogens with one attached hydrogen (secondary N) is 1. The molecule has 0 bridgehead atoms. The maximum atomic E-state index is 15.3. The molecule has 3 heterocycles. The van der Waals surface area contributed by atoms with Gasteiger partial charge in [-0.15, -0.1) is 5.10 Å². The summed E-state index contributed by atoms with van der Waals surface area (Å²) in [5, 5.41) is 7.06. The Morgan fingerprint density at radius 3 is 2.55 bits per heavy atom. The molecule has 0 radical (unpaired) electrons. The lowest BCUT2D eigenvalue weighted by Crippen LogP contribution is -2.50. The van der Waals surface area contributed by atoms with E-state index in [4.69, 9.17) is 4.74 Å². The normalized spacial score (nSPS) is 19.0. The summed E-state index contributed by atoms with van der Waals surface area (Å²) in [5.41, 5.74) is 1.89. The Balaban J connectivity index is 0.00000245. The Morgan fingerprint density at radius 1 is 1.06 bits per heavy atom. The lowest BCUT2D eigenvalue weighted by atomic mass is 9.85. The Kier molecular flexibility index (Phi) is 5.05. The fourth-order valence-corrected chi connectivity index (χ4v) is 4.24. The highest BCUT2D eigenvalue weighted by molar-refractivity contribution is 5.66. The monoisotopic (exact) mass is 431 g/mol. The van der Waals surface area contributed by atoms with Crippen LogP contribution in [0.25, 0.3) is 5.69 Å². The number of benzene rings is 2. The van der Waals surface area contributed by atoms with E-state index in [-0.39, 0.29) is 24.6 Å². The number of halogens is 3. The summed E-state index contributed by atoms with van der Waals surface area (Å²) in [6.07, 6.45) is 2.39. The van der Waals surface area contributed by atoms with Gasteiger partial charge in [0.15, 0.2) is 5.82 Å². The van der Waals surface area contributed by atoms with Crippen molar-refractivity contribution in [2.75, 3.05) is 36.5 Å². The Bertz CT molecular complexity index is 1090. The van der Waals surface area contributed by atoms with Crippen molar-refractivity contribution in [2.24, 2.45) is 11.8 Å². The molecule has 1 unspecified atom stereocenters. The minimum atomic E-state index is -0.716. The van der Waals surface area contributed by atoms with Crippen molar-refractivity contribution in [2.45, 2.75) is 13.3 Å². The quantitative estimate of drug-likeness (QED) is 0.647. The summed E-state index contributed by atoms with van der Waals surface area (Å²) in [7, 11) is 0. The molecule has 2 aromatic carbocycles. The van der Waals surface area contributed by atoms with Crippen molar-refractivity contribution in [3.05, 3.63) is 59.7 Å². The van der Waals surface area contributed by atoms with Gasteiger partial charge in [0.05, 0.1) is 17.1 Å². The highest BCUT2D eigenvalue weighted by Crippen LogP contribution is 2.37. The lowest BCUT2D eigenvalue weighted by Gasteiger charge is -2.44. The van der Waals surface area contributed by atoms with Gasteiger partial charge in [-0.2, -0.15) is 4.98 Å². The van der Waals surface area contributed by atoms with Gasteiger partial charge in [0.25, 0.3) is 0 Å². The van der Waals surface area contributed by atoms with Gasteiger partial charge < -0.3 is 15.0 Å². The summed E-state index contributed by atoms with van der Waals surface area (Å²) >= 11 is 0. The maximum absolute atomic E-state index is 15.3. The summed E-state index contributed by atoms with van der Waals surface area (Å²) < 4.78 is 48.9. The summed E-state index contributed by atoms with van der Waals surface area (Å²) in [6.45, 7) is 5.14. The van der Waals surface area contributed by atoms with E-state index >= 15 is 4.39 Å². The number of aromatic nitrogens is 3. The molecule has 2 fully saturated rings. The number of hydrogen-bond donors (Lipinski definition) is 1. The van der Waals surface area contributed by atoms with Crippen LogP contribution in [0.15, 0.2) is 36.7 Å². The first kappa shape index (κ1) is 19.9. The lowest BCUT2D eigenvalue weighted by molar-refractivity contribution is 0.163. The Morgan fingerprint density at radius 2 is 1.84 bits per heavy atom. The molecule has 3 aromatic rings. The second-order valence-electron chi connectivity index (χ2n) is 8.20. The fraction of sp³-hybridized carbons (Fsp3) is 0.364. The molecule has 2 aliphatic heterocycles. The zero-order valence-electron chi connectivity index (χ0n) is 17.0. The Labute approximate surface area is 179 Å². The summed E-state index contributed by atoms with van der Waals surface area (Å²) in [6, 6.07) is 6.58. The SMILES string of the molecule is Cc1cc(Nc2ncn(-c3cc(F)cc(F)c3)n2)c(F)c(N2CC(C3CCOC3)C2)c1.[HH]. The second kappa shape index (κ2) is 7.88. The molecule has 1 N–H and O–H groups in total. The Hall–Kier alpha value is -3.07. The predicted molar refractivity (Wildman–Crippen MR) is 112 cm³/mol. The number of anilines is 3. The average molecular weight is 431 g/mol. The second-order valence-corrected chi connectivity index (χ2v) is 8.20. The number of hydrogen-bond acceptors (Lipinski definition) is 5. The van der Waals surface area contributed by atoms with Crippen molar-refractivity contribution in [3.8, 4) is 5.69 Å². The minimum absolute atomic E-state index is 0. The van der Waals surface area contributed by atoms with Gasteiger partial charge in [0.1, 0.15) is 18.0 Å². The van der Waals surface area contributed by atoms with Crippen molar-refractivity contribution in [3.63, 3.8) is 0 Å². The van der Waals surface area contributed by atoms with Crippen molar-refractivity contribution in [1.29, 1.82) is 0 Å². The molecule has 5 rings (SSSR count). The van der Waals surface area contributed by atoms with Crippen LogP contribution >= 0.6 is 0 Å². The standard InChI is InChI=1S/C22H22F3N5O.H2/c1-13-4-19(21(25)20(5-13)29-9-15(10-29)14-2-3-31-11-14)27-22-26-12-30(28-22)18-7-16(23)6-17(24)8-18;/h4-8,12,14-15H,2-3,9-11H2,1H3,(H,27,28);1H. The molecule has 164 valence electrons. The van der Waals surface area contributed by atoms with E-state index in [1.54, 1.807) is 6.07 Å². The van der Waals surface area contributed by atoms with Crippen LogP contribution in [-0.2, 0) is 4.74 Å². The van der Waals surface area contributed by atoms with Gasteiger partial charge in [-0.25, -0.2) is 17.9 Å². The first-order valence-corrected chi connectivity index (χ1v) is 10.2. The molecular formula is C22H24F3N5O. The zero-order valence-corrected chi connectivity index (χ0v) is 17.0. The number of rotatable bonds is 5. The maximum Gasteiger partial charge on any atom is 0.247 e.